The fourth-order valence-electron chi connectivity index (χ4n) is 0.378. The van der Waals surface area contributed by atoms with E-state index in [2.05, 4.69) is 0 Å². The van der Waals surface area contributed by atoms with Gasteiger partial charge in [-0.25, -0.2) is 0 Å². The quantitative estimate of drug-likeness (QED) is 0.405. The average Bonchev–Trinajstić information content (AvgIpc) is 1.82. The molecule has 0 saturated carbocycles. The number of nitrogens with two attached hydrogens (primary N) is 1. The Morgan fingerprint density at radius 1 is 1.60 bits per heavy atom. The second-order valence-corrected chi connectivity index (χ2v) is 3.02. The summed E-state index contributed by atoms with van der Waals surface area (Å²) in [4.78, 5) is 26.7. The fraction of sp³-hybridized carbons (Fsp3) is 0.750. The number of rotatable bonds is 4. The molecule has 0 aromatic carbocycles. The van der Waals surface area contributed by atoms with Gasteiger partial charge in [0.2, 0.25) is 0 Å². The van der Waals surface area contributed by atoms with Crippen LogP contribution in [0.2, 0.25) is 0 Å². The number of carboxylic acids is 1. The summed E-state index contributed by atoms with van der Waals surface area (Å²) in [6, 6.07) is -0.982. The van der Waals surface area contributed by atoms with Crippen molar-refractivity contribution in [2.24, 2.45) is 5.73 Å². The Morgan fingerprint density at radius 3 is 2.40 bits per heavy atom. The molecule has 5 nitrogen and oxygen atoms in total. The molecule has 0 aromatic heterocycles. The lowest BCUT2D eigenvalue weighted by Gasteiger charge is -2.05. The van der Waals surface area contributed by atoms with Gasteiger partial charge in [-0.2, -0.15) is 0 Å². The van der Waals surface area contributed by atoms with Gasteiger partial charge in [0.1, 0.15) is 6.04 Å². The van der Waals surface area contributed by atoms with Crippen molar-refractivity contribution in [1.29, 1.82) is 0 Å². The summed E-state index contributed by atoms with van der Waals surface area (Å²) in [5.41, 5.74) is 5.05. The summed E-state index contributed by atoms with van der Waals surface area (Å²) >= 11 is 0. The Kier molecular flexibility index (Phi) is 4.47. The predicted octanol–water partition coefficient (Wildman–Crippen LogP) is -0.915. The van der Waals surface area contributed by atoms with Gasteiger partial charge < -0.3 is 20.6 Å². The molecule has 0 heterocycles. The zero-order valence-electron chi connectivity index (χ0n) is 5.27. The lowest BCUT2D eigenvalue weighted by Crippen LogP contribution is -2.30. The minimum Gasteiger partial charge on any atom is -0.480 e. The van der Waals surface area contributed by atoms with Gasteiger partial charge in [0.25, 0.3) is 0 Å². The van der Waals surface area contributed by atoms with Gasteiger partial charge in [-0.05, 0) is 6.42 Å². The third-order valence-corrected chi connectivity index (χ3v) is 1.62. The van der Waals surface area contributed by atoms with Crippen molar-refractivity contribution in [3.8, 4) is 0 Å². The molecule has 0 amide bonds. The van der Waals surface area contributed by atoms with Crippen molar-refractivity contribution in [3.05, 3.63) is 0 Å². The molecule has 0 bridgehead atoms. The van der Waals surface area contributed by atoms with Gasteiger partial charge in [-0.3, -0.25) is 4.79 Å². The molecule has 0 saturated heterocycles. The third-order valence-electron chi connectivity index (χ3n) is 0.957. The lowest BCUT2D eigenvalue weighted by atomic mass is 10.2. The van der Waals surface area contributed by atoms with Gasteiger partial charge >= 0.3 is 5.97 Å². The Labute approximate surface area is 59.4 Å². The van der Waals surface area contributed by atoms with Crippen LogP contribution >= 0.6 is 8.38 Å². The van der Waals surface area contributed by atoms with E-state index >= 15 is 0 Å². The summed E-state index contributed by atoms with van der Waals surface area (Å²) in [6.07, 6.45) is 0.164. The molecule has 0 radical (unpaired) electrons. The van der Waals surface area contributed by atoms with Crippen LogP contribution in [0.25, 0.3) is 0 Å². The molecule has 0 aliphatic heterocycles. The summed E-state index contributed by atoms with van der Waals surface area (Å²) < 4.78 is 0. The minimum absolute atomic E-state index is 0.0583. The van der Waals surface area contributed by atoms with Crippen LogP contribution in [0.1, 0.15) is 6.42 Å². The van der Waals surface area contributed by atoms with E-state index in [1.165, 1.54) is 0 Å². The van der Waals surface area contributed by atoms with Crippen LogP contribution in [0.5, 0.6) is 0 Å². The van der Waals surface area contributed by atoms with E-state index in [1.807, 2.05) is 0 Å². The molecule has 0 fully saturated rings. The molecule has 5 N–H and O–H groups in total. The second-order valence-electron chi connectivity index (χ2n) is 1.83. The van der Waals surface area contributed by atoms with Gasteiger partial charge in [0, 0.05) is 6.16 Å². The zero-order chi connectivity index (χ0) is 8.15. The highest BCUT2D eigenvalue weighted by molar-refractivity contribution is 7.45. The first-order valence-corrected chi connectivity index (χ1v) is 4.11. The summed E-state index contributed by atoms with van der Waals surface area (Å²) in [7, 11) is -2.00. The molecule has 1 atom stereocenters. The van der Waals surface area contributed by atoms with Crippen LogP contribution in [0.4, 0.5) is 0 Å². The van der Waals surface area contributed by atoms with Gasteiger partial charge in [-0.1, -0.05) is 0 Å². The standard InChI is InChI=1S/C4H10NO4P/c5-3(4(6)7)1-2-10(8)9/h3,8-9H,1-2,5H2,(H,6,7). The Bertz CT molecular complexity index is 118. The highest BCUT2D eigenvalue weighted by atomic mass is 31.2. The van der Waals surface area contributed by atoms with Crippen LogP contribution in [-0.2, 0) is 4.79 Å². The smallest absolute Gasteiger partial charge is 0.320 e. The maximum Gasteiger partial charge on any atom is 0.320 e. The van der Waals surface area contributed by atoms with Crippen LogP contribution in [0, 0.1) is 0 Å². The molecule has 0 aliphatic rings. The molecule has 10 heavy (non-hydrogen) atoms. The first-order valence-electron chi connectivity index (χ1n) is 2.67. The van der Waals surface area contributed by atoms with E-state index < -0.39 is 20.4 Å². The van der Waals surface area contributed by atoms with Crippen molar-refractivity contribution < 1.29 is 19.7 Å². The van der Waals surface area contributed by atoms with Crippen molar-refractivity contribution in [2.45, 2.75) is 12.5 Å². The van der Waals surface area contributed by atoms with E-state index in [-0.39, 0.29) is 12.6 Å². The fourth-order valence-corrected chi connectivity index (χ4v) is 0.887. The normalized spacial score (nSPS) is 13.6. The van der Waals surface area contributed by atoms with E-state index in [1.54, 1.807) is 0 Å². The molecule has 6 heteroatoms. The number of carboxylic acid groups (broad SMARTS) is 1. The van der Waals surface area contributed by atoms with Gasteiger partial charge in [0.05, 0.1) is 0 Å². The van der Waals surface area contributed by atoms with Crippen molar-refractivity contribution in [2.75, 3.05) is 6.16 Å². The third kappa shape index (κ3) is 4.64. The predicted molar refractivity (Wildman–Crippen MR) is 36.5 cm³/mol. The summed E-state index contributed by atoms with van der Waals surface area (Å²) in [5.74, 6) is -1.11. The Balaban J connectivity index is 3.40. The van der Waals surface area contributed by atoms with Crippen molar-refractivity contribution in [3.63, 3.8) is 0 Å². The number of hydrogen-bond acceptors (Lipinski definition) is 4. The summed E-state index contributed by atoms with van der Waals surface area (Å²) in [5, 5.41) is 8.21. The Hall–Kier alpha value is -0.220. The van der Waals surface area contributed by atoms with Crippen LogP contribution < -0.4 is 5.73 Å². The topological polar surface area (TPSA) is 104 Å². The van der Waals surface area contributed by atoms with E-state index in [0.717, 1.165) is 0 Å². The van der Waals surface area contributed by atoms with Crippen molar-refractivity contribution in [1.82, 2.24) is 0 Å². The highest BCUT2D eigenvalue weighted by Crippen LogP contribution is 2.23. The summed E-state index contributed by atoms with van der Waals surface area (Å²) in [6.45, 7) is 0. The van der Waals surface area contributed by atoms with Crippen LogP contribution in [0.15, 0.2) is 0 Å². The zero-order valence-corrected chi connectivity index (χ0v) is 6.16. The maximum atomic E-state index is 10.0. The number of carbonyl (C=O) groups is 1. The molecule has 0 spiro atoms. The molecule has 60 valence electrons. The Morgan fingerprint density at radius 2 is 2.10 bits per heavy atom. The lowest BCUT2D eigenvalue weighted by molar-refractivity contribution is -0.138. The largest absolute Gasteiger partial charge is 0.480 e. The second kappa shape index (κ2) is 4.57. The molecule has 0 rings (SSSR count). The van der Waals surface area contributed by atoms with Crippen LogP contribution in [0.3, 0.4) is 0 Å². The van der Waals surface area contributed by atoms with Gasteiger partial charge in [-0.15, -0.1) is 0 Å². The average molecular weight is 167 g/mol. The minimum atomic E-state index is -2.00. The highest BCUT2D eigenvalue weighted by Gasteiger charge is 2.12. The number of aliphatic carboxylic acids is 1. The molecule has 0 aromatic rings. The van der Waals surface area contributed by atoms with E-state index in [0.29, 0.717) is 0 Å². The van der Waals surface area contributed by atoms with E-state index in [4.69, 9.17) is 20.6 Å². The number of hydrogen-bond donors (Lipinski definition) is 4. The first kappa shape index (κ1) is 9.78. The first-order chi connectivity index (χ1) is 4.54. The maximum absolute atomic E-state index is 10.0. The molecule has 1 unspecified atom stereocenters. The monoisotopic (exact) mass is 167 g/mol. The molecular formula is C4H10NO4P. The molecule has 0 aliphatic carbocycles. The molecular weight excluding hydrogens is 157 g/mol. The SMILES string of the molecule is NC(CCP(O)O)C(=O)O. The van der Waals surface area contributed by atoms with Gasteiger partial charge in [0.15, 0.2) is 8.38 Å². The van der Waals surface area contributed by atoms with Crippen molar-refractivity contribution >= 4 is 14.3 Å². The van der Waals surface area contributed by atoms with E-state index in [9.17, 15) is 4.79 Å². The van der Waals surface area contributed by atoms with Crippen LogP contribution in [-0.4, -0.2) is 33.1 Å².